The van der Waals surface area contributed by atoms with Crippen LogP contribution in [-0.4, -0.2) is 43.6 Å². The number of nitrogens with zero attached hydrogens (tertiary/aromatic N) is 4. The van der Waals surface area contributed by atoms with E-state index < -0.39 is 5.91 Å². The summed E-state index contributed by atoms with van der Waals surface area (Å²) in [5.74, 6) is 0.554. The van der Waals surface area contributed by atoms with Crippen molar-refractivity contribution in [1.29, 1.82) is 0 Å². The van der Waals surface area contributed by atoms with Gasteiger partial charge in [0.25, 0.3) is 5.91 Å². The molecule has 2 aliphatic rings. The summed E-state index contributed by atoms with van der Waals surface area (Å²) in [6, 6.07) is 10.5. The molecular weight excluding hydrogens is 1020 g/mol. The summed E-state index contributed by atoms with van der Waals surface area (Å²) in [6.07, 6.45) is 70.1. The van der Waals surface area contributed by atoms with Crippen LogP contribution in [0.25, 0.3) is 11.3 Å². The van der Waals surface area contributed by atoms with Crippen LogP contribution in [-0.2, 0) is 4.79 Å². The minimum atomic E-state index is -0.633. The van der Waals surface area contributed by atoms with E-state index in [0.29, 0.717) is 34.5 Å². The molecule has 4 N–H and O–H groups in total. The van der Waals surface area contributed by atoms with E-state index in [1.165, 1.54) is 282 Å². The van der Waals surface area contributed by atoms with Gasteiger partial charge in [0.1, 0.15) is 22.8 Å². The maximum absolute atomic E-state index is 14.0. The molecule has 2 amide bonds. The Balaban J connectivity index is 1.11. The number of ether oxygens (including phenoxy) is 1. The summed E-state index contributed by atoms with van der Waals surface area (Å²) >= 11 is 6.04. The quantitative estimate of drug-likeness (QED) is 0.237. The van der Waals surface area contributed by atoms with Crippen LogP contribution < -0.4 is 16.2 Å². The number of pyridine rings is 1. The van der Waals surface area contributed by atoms with Crippen molar-refractivity contribution in [3.05, 3.63) is 65.8 Å². The zero-order valence-corrected chi connectivity index (χ0v) is 52.3. The highest BCUT2D eigenvalue weighted by Gasteiger charge is 2.49. The Kier molecular flexibility index (Phi) is 36.0. The maximum atomic E-state index is 14.0. The fourth-order valence-electron chi connectivity index (χ4n) is 12.9. The first-order valence-corrected chi connectivity index (χ1v) is 34.7. The number of nitrogens with two attached hydrogens (primary N) is 2. The summed E-state index contributed by atoms with van der Waals surface area (Å²) in [5.41, 5.74) is 14.2. The van der Waals surface area contributed by atoms with Crippen molar-refractivity contribution in [3.8, 4) is 22.9 Å². The SMILES string of the molecule is C=CC(=O)N1C[C@@H](n2nc(-c3ccc(Oc4ccc(Cl)cn4)cc3)c(C(N)=O)c2N)CCCCCCCCCCCCCCCCCCCCCCCCCCCCCCCCCCCCCCCCCCCCCCCCC12CC2. The van der Waals surface area contributed by atoms with Crippen LogP contribution in [0.15, 0.2) is 55.3 Å². The zero-order chi connectivity index (χ0) is 57.3. The molecule has 81 heavy (non-hydrogen) atoms. The van der Waals surface area contributed by atoms with Crippen molar-refractivity contribution in [2.75, 3.05) is 12.3 Å². The number of anilines is 1. The van der Waals surface area contributed by atoms with Crippen LogP contribution in [0.1, 0.15) is 337 Å². The molecule has 1 saturated heterocycles. The van der Waals surface area contributed by atoms with Crippen LogP contribution in [0.3, 0.4) is 0 Å². The molecule has 10 heteroatoms. The third kappa shape index (κ3) is 28.5. The largest absolute Gasteiger partial charge is 0.439 e. The lowest BCUT2D eigenvalue weighted by Gasteiger charge is -2.35. The molecule has 1 aliphatic carbocycles. The highest BCUT2D eigenvalue weighted by atomic mass is 35.5. The van der Waals surface area contributed by atoms with E-state index >= 15 is 0 Å². The summed E-state index contributed by atoms with van der Waals surface area (Å²) in [4.78, 5) is 33.5. The first kappa shape index (κ1) is 67.9. The molecule has 5 rings (SSSR count). The molecule has 1 spiro atoms. The van der Waals surface area contributed by atoms with Gasteiger partial charge >= 0.3 is 0 Å². The van der Waals surface area contributed by atoms with Crippen molar-refractivity contribution in [2.45, 2.75) is 333 Å². The second-order valence-electron chi connectivity index (χ2n) is 25.2. The first-order chi connectivity index (χ1) is 39.8. The molecule has 0 bridgehead atoms. The van der Waals surface area contributed by atoms with Crippen molar-refractivity contribution in [1.82, 2.24) is 19.7 Å². The molecular formula is C71H117ClN6O3. The van der Waals surface area contributed by atoms with Crippen LogP contribution in [0.5, 0.6) is 11.6 Å². The molecule has 2 aromatic heterocycles. The topological polar surface area (TPSA) is 129 Å². The van der Waals surface area contributed by atoms with Gasteiger partial charge in [0.2, 0.25) is 11.8 Å². The minimum absolute atomic E-state index is 0.0429. The number of rotatable bonds is 6. The van der Waals surface area contributed by atoms with Gasteiger partial charge in [0, 0.05) is 29.9 Å². The Hall–Kier alpha value is -3.85. The number of halogens is 1. The van der Waals surface area contributed by atoms with Gasteiger partial charge in [-0.25, -0.2) is 9.67 Å². The van der Waals surface area contributed by atoms with Crippen molar-refractivity contribution >= 4 is 29.2 Å². The molecule has 2 fully saturated rings. The number of benzene rings is 1. The van der Waals surface area contributed by atoms with Gasteiger partial charge in [-0.3, -0.25) is 9.59 Å². The van der Waals surface area contributed by atoms with Crippen LogP contribution in [0, 0.1) is 0 Å². The molecule has 1 aliphatic heterocycles. The van der Waals surface area contributed by atoms with Crippen molar-refractivity contribution in [2.24, 2.45) is 5.73 Å². The van der Waals surface area contributed by atoms with E-state index in [-0.39, 0.29) is 28.9 Å². The standard InChI is InChI=1S/C71H117ClN6O3/c1-2-66(79)77-60-63(78-69(73)67(70(74)80)68(76-78)61-50-53-64(54-51-61)81-65-55-52-62(72)59-75-65)49-47-45-43-41-39-37-35-33-31-29-27-25-23-21-19-17-15-13-11-9-7-5-3-4-6-8-10-12-14-16-18-20-22-24-26-28-30-32-34-36-38-40-42-44-46-48-56-71(77)57-58-71/h2,50-55,59,63H,1,3-49,56-58,60,73H2,(H2,74,80)/t63-/m0/s1. The van der Waals surface area contributed by atoms with Gasteiger partial charge in [-0.15, -0.1) is 0 Å². The lowest BCUT2D eigenvalue weighted by Crippen LogP contribution is -2.45. The molecule has 3 aromatic rings. The molecule has 0 radical (unpaired) electrons. The lowest BCUT2D eigenvalue weighted by atomic mass is 9.99. The van der Waals surface area contributed by atoms with Gasteiger partial charge in [-0.2, -0.15) is 5.10 Å². The molecule has 9 nitrogen and oxygen atoms in total. The first-order valence-electron chi connectivity index (χ1n) is 34.3. The third-order valence-electron chi connectivity index (χ3n) is 18.3. The van der Waals surface area contributed by atoms with Gasteiger partial charge in [-0.05, 0) is 62.1 Å². The van der Waals surface area contributed by atoms with Crippen LogP contribution in [0.2, 0.25) is 5.02 Å². The normalized spacial score (nSPS) is 21.5. The number of nitrogen functional groups attached to an aromatic ring is 1. The number of hydrogen-bond donors (Lipinski definition) is 2. The van der Waals surface area contributed by atoms with Crippen LogP contribution in [0.4, 0.5) is 5.82 Å². The summed E-state index contributed by atoms with van der Waals surface area (Å²) in [5, 5.41) is 5.62. The van der Waals surface area contributed by atoms with Crippen molar-refractivity contribution < 1.29 is 14.3 Å². The van der Waals surface area contributed by atoms with E-state index in [2.05, 4.69) is 16.5 Å². The number of aromatic nitrogens is 3. The Morgan fingerprint density at radius 3 is 1.20 bits per heavy atom. The van der Waals surface area contributed by atoms with Crippen molar-refractivity contribution in [3.63, 3.8) is 0 Å². The Labute approximate surface area is 500 Å². The molecule has 3 heterocycles. The van der Waals surface area contributed by atoms with Gasteiger partial charge in [-0.1, -0.05) is 314 Å². The highest BCUT2D eigenvalue weighted by molar-refractivity contribution is 6.30. The third-order valence-corrected chi connectivity index (χ3v) is 18.5. The molecule has 0 unspecified atom stereocenters. The number of amides is 2. The van der Waals surface area contributed by atoms with E-state index in [0.717, 1.165) is 44.9 Å². The average Bonchev–Trinajstić information content (AvgIpc) is 4.39. The van der Waals surface area contributed by atoms with Gasteiger partial charge < -0.3 is 21.1 Å². The Bertz CT molecular complexity index is 2080. The zero-order valence-electron chi connectivity index (χ0n) is 51.5. The smallest absolute Gasteiger partial charge is 0.254 e. The average molecular weight is 1140 g/mol. The Morgan fingerprint density at radius 2 is 0.877 bits per heavy atom. The second kappa shape index (κ2) is 42.9. The summed E-state index contributed by atoms with van der Waals surface area (Å²) in [6.45, 7) is 4.43. The van der Waals surface area contributed by atoms with Gasteiger partial charge in [0.05, 0.1) is 11.1 Å². The van der Waals surface area contributed by atoms with Crippen LogP contribution >= 0.6 is 11.6 Å². The van der Waals surface area contributed by atoms with E-state index in [1.54, 1.807) is 23.0 Å². The number of primary amides is 1. The number of carbonyl (C=O) groups excluding carboxylic acids is 2. The second-order valence-corrected chi connectivity index (χ2v) is 25.6. The number of hydrogen-bond acceptors (Lipinski definition) is 6. The predicted molar refractivity (Wildman–Crippen MR) is 344 cm³/mol. The minimum Gasteiger partial charge on any atom is -0.439 e. The molecule has 1 saturated carbocycles. The van der Waals surface area contributed by atoms with Gasteiger partial charge in [0.15, 0.2) is 0 Å². The highest BCUT2D eigenvalue weighted by Crippen LogP contribution is 2.47. The summed E-state index contributed by atoms with van der Waals surface area (Å²) in [7, 11) is 0. The predicted octanol–water partition coefficient (Wildman–Crippen LogP) is 21.9. The lowest BCUT2D eigenvalue weighted by molar-refractivity contribution is -0.130. The van der Waals surface area contributed by atoms with E-state index in [1.807, 2.05) is 24.3 Å². The molecule has 1 atom stereocenters. The maximum Gasteiger partial charge on any atom is 0.254 e. The Morgan fingerprint density at radius 1 is 0.519 bits per heavy atom. The fourth-order valence-corrected chi connectivity index (χ4v) is 13.0. The van der Waals surface area contributed by atoms with E-state index in [4.69, 9.17) is 32.9 Å². The number of carbonyl (C=O) groups is 2. The fraction of sp³-hybridized carbons (Fsp3) is 0.746. The molecule has 456 valence electrons. The summed E-state index contributed by atoms with van der Waals surface area (Å²) < 4.78 is 7.76. The molecule has 1 aromatic carbocycles. The monoisotopic (exact) mass is 1140 g/mol. The van der Waals surface area contributed by atoms with E-state index in [9.17, 15) is 9.59 Å².